The minimum Gasteiger partial charge on any atom is -0.283 e. The summed E-state index contributed by atoms with van der Waals surface area (Å²) in [5, 5.41) is 0. The molecule has 2 aromatic carbocycles. The molecule has 1 heterocycles. The Morgan fingerprint density at radius 3 is 2.79 bits per heavy atom. The Hall–Kier alpha value is -1.94. The molecule has 0 aliphatic carbocycles. The first-order valence-corrected chi connectivity index (χ1v) is 6.72. The van der Waals surface area contributed by atoms with Crippen LogP contribution in [-0.4, -0.2) is 18.7 Å². The summed E-state index contributed by atoms with van der Waals surface area (Å²) in [4.78, 5) is 18.2. The molecule has 0 bridgehead atoms. The van der Waals surface area contributed by atoms with Gasteiger partial charge in [0.05, 0.1) is 11.4 Å². The topological polar surface area (TPSA) is 32.7 Å². The molecule has 0 spiro atoms. The van der Waals surface area contributed by atoms with Crippen molar-refractivity contribution < 1.29 is 4.79 Å². The van der Waals surface area contributed by atoms with Crippen LogP contribution in [0.4, 0.5) is 11.4 Å². The molecular weight excluding hydrogens is 304 g/mol. The smallest absolute Gasteiger partial charge is 0.253 e. The van der Waals surface area contributed by atoms with E-state index in [1.807, 2.05) is 48.5 Å². The molecule has 3 nitrogen and oxygen atoms in total. The van der Waals surface area contributed by atoms with Gasteiger partial charge in [0.25, 0.3) is 5.91 Å². The molecule has 0 saturated carbocycles. The Labute approximate surface area is 119 Å². The molecular formula is C15H11BrN2O. The summed E-state index contributed by atoms with van der Waals surface area (Å²) >= 11 is 3.44. The monoisotopic (exact) mass is 314 g/mol. The van der Waals surface area contributed by atoms with E-state index in [9.17, 15) is 4.79 Å². The lowest BCUT2D eigenvalue weighted by Gasteiger charge is -2.22. The van der Waals surface area contributed by atoms with Crippen molar-refractivity contribution in [1.29, 1.82) is 0 Å². The van der Waals surface area contributed by atoms with Crippen molar-refractivity contribution in [3.05, 3.63) is 58.6 Å². The summed E-state index contributed by atoms with van der Waals surface area (Å²) in [6.45, 7) is 0.168. The van der Waals surface area contributed by atoms with Crippen molar-refractivity contribution in [2.45, 2.75) is 0 Å². The van der Waals surface area contributed by atoms with Gasteiger partial charge in [-0.15, -0.1) is 0 Å². The second kappa shape index (κ2) is 4.97. The van der Waals surface area contributed by atoms with E-state index in [1.54, 1.807) is 11.1 Å². The summed E-state index contributed by atoms with van der Waals surface area (Å²) in [5.74, 6) is -0.0284. The van der Waals surface area contributed by atoms with Crippen LogP contribution in [0.15, 0.2) is 58.0 Å². The van der Waals surface area contributed by atoms with Crippen LogP contribution in [-0.2, 0) is 4.79 Å². The highest BCUT2D eigenvalue weighted by molar-refractivity contribution is 9.10. The van der Waals surface area contributed by atoms with Crippen LogP contribution in [0.3, 0.4) is 0 Å². The minimum absolute atomic E-state index is 0.0284. The number of hydrogen-bond donors (Lipinski definition) is 0. The van der Waals surface area contributed by atoms with Gasteiger partial charge in [-0.3, -0.25) is 14.7 Å². The summed E-state index contributed by atoms with van der Waals surface area (Å²) in [7, 11) is 0. The van der Waals surface area contributed by atoms with Gasteiger partial charge in [0.15, 0.2) is 0 Å². The van der Waals surface area contributed by atoms with Crippen molar-refractivity contribution in [3.8, 4) is 0 Å². The third kappa shape index (κ3) is 2.31. The number of carbonyl (C=O) groups excluding carboxylic acids is 1. The normalized spacial score (nSPS) is 14.2. The van der Waals surface area contributed by atoms with E-state index >= 15 is 0 Å². The van der Waals surface area contributed by atoms with Gasteiger partial charge in [-0.1, -0.05) is 40.2 Å². The zero-order valence-electron chi connectivity index (χ0n) is 10.1. The van der Waals surface area contributed by atoms with Gasteiger partial charge < -0.3 is 0 Å². The molecule has 94 valence electrons. The van der Waals surface area contributed by atoms with E-state index in [0.29, 0.717) is 0 Å². The maximum absolute atomic E-state index is 12.3. The molecule has 2 aromatic rings. The fourth-order valence-corrected chi connectivity index (χ4v) is 2.51. The first-order valence-electron chi connectivity index (χ1n) is 5.93. The van der Waals surface area contributed by atoms with Crippen molar-refractivity contribution in [2.24, 2.45) is 4.99 Å². The summed E-state index contributed by atoms with van der Waals surface area (Å²) in [6.07, 6.45) is 1.76. The van der Waals surface area contributed by atoms with Gasteiger partial charge in [0.2, 0.25) is 0 Å². The van der Waals surface area contributed by atoms with Crippen LogP contribution in [0, 0.1) is 0 Å². The number of amides is 1. The summed E-state index contributed by atoms with van der Waals surface area (Å²) < 4.78 is 0.945. The molecule has 0 fully saturated rings. The van der Waals surface area contributed by atoms with E-state index < -0.39 is 0 Å². The fraction of sp³-hybridized carbons (Fsp3) is 0.0667. The van der Waals surface area contributed by atoms with E-state index in [4.69, 9.17) is 0 Å². The third-order valence-corrected chi connectivity index (χ3v) is 3.44. The zero-order chi connectivity index (χ0) is 13.2. The molecule has 0 aromatic heterocycles. The van der Waals surface area contributed by atoms with Gasteiger partial charge >= 0.3 is 0 Å². The summed E-state index contributed by atoms with van der Waals surface area (Å²) in [6, 6.07) is 15.5. The molecule has 3 rings (SSSR count). The molecule has 0 radical (unpaired) electrons. The SMILES string of the molecule is O=C1CN=Cc2ccccc2N1c1cccc(Br)c1. The number of rotatable bonds is 1. The van der Waals surface area contributed by atoms with Crippen molar-refractivity contribution in [1.82, 2.24) is 0 Å². The number of hydrogen-bond acceptors (Lipinski definition) is 2. The molecule has 1 aliphatic heterocycles. The molecule has 0 N–H and O–H groups in total. The Morgan fingerprint density at radius 1 is 1.11 bits per heavy atom. The number of anilines is 2. The highest BCUT2D eigenvalue weighted by Crippen LogP contribution is 2.31. The second-order valence-corrected chi connectivity index (χ2v) is 5.15. The number of benzene rings is 2. The Morgan fingerprint density at radius 2 is 1.95 bits per heavy atom. The number of halogens is 1. The average molecular weight is 315 g/mol. The van der Waals surface area contributed by atoms with Gasteiger partial charge in [0.1, 0.15) is 6.54 Å². The third-order valence-electron chi connectivity index (χ3n) is 2.95. The van der Waals surface area contributed by atoms with Crippen LogP contribution in [0.1, 0.15) is 5.56 Å². The van der Waals surface area contributed by atoms with Crippen LogP contribution < -0.4 is 4.90 Å². The number of aliphatic imine (C=N–C) groups is 1. The number of fused-ring (bicyclic) bond motifs is 1. The van der Waals surface area contributed by atoms with Crippen LogP contribution >= 0.6 is 15.9 Å². The Kier molecular flexibility index (Phi) is 3.17. The Balaban J connectivity index is 2.17. The molecule has 1 aliphatic rings. The van der Waals surface area contributed by atoms with Crippen LogP contribution in [0.2, 0.25) is 0 Å². The van der Waals surface area contributed by atoms with Crippen molar-refractivity contribution in [3.63, 3.8) is 0 Å². The lowest BCUT2D eigenvalue weighted by molar-refractivity contribution is -0.116. The van der Waals surface area contributed by atoms with E-state index in [0.717, 1.165) is 21.4 Å². The van der Waals surface area contributed by atoms with Gasteiger partial charge in [-0.05, 0) is 24.3 Å². The number of carbonyl (C=O) groups is 1. The van der Waals surface area contributed by atoms with Gasteiger partial charge in [0, 0.05) is 16.3 Å². The predicted molar refractivity (Wildman–Crippen MR) is 80.2 cm³/mol. The van der Waals surface area contributed by atoms with Gasteiger partial charge in [-0.2, -0.15) is 0 Å². The molecule has 0 unspecified atom stereocenters. The lowest BCUT2D eigenvalue weighted by Crippen LogP contribution is -2.27. The summed E-state index contributed by atoms with van der Waals surface area (Å²) in [5.41, 5.74) is 2.66. The number of benzodiazepines with no additional fused rings is 1. The highest BCUT2D eigenvalue weighted by atomic mass is 79.9. The number of para-hydroxylation sites is 1. The molecule has 1 amide bonds. The molecule has 0 atom stereocenters. The highest BCUT2D eigenvalue weighted by Gasteiger charge is 2.21. The molecule has 4 heteroatoms. The van der Waals surface area contributed by atoms with E-state index in [-0.39, 0.29) is 12.5 Å². The fourth-order valence-electron chi connectivity index (χ4n) is 2.13. The minimum atomic E-state index is -0.0284. The second-order valence-electron chi connectivity index (χ2n) is 4.24. The first-order chi connectivity index (χ1) is 9.25. The standard InChI is InChI=1S/C15H11BrN2O/c16-12-5-3-6-13(8-12)18-14-7-2-1-4-11(14)9-17-10-15(18)19/h1-9H,10H2. The Bertz CT molecular complexity index is 667. The van der Waals surface area contributed by atoms with Crippen LogP contribution in [0.25, 0.3) is 0 Å². The maximum atomic E-state index is 12.3. The van der Waals surface area contributed by atoms with E-state index in [2.05, 4.69) is 20.9 Å². The lowest BCUT2D eigenvalue weighted by atomic mass is 10.1. The average Bonchev–Trinajstić information content (AvgIpc) is 2.57. The van der Waals surface area contributed by atoms with E-state index in [1.165, 1.54) is 0 Å². The van der Waals surface area contributed by atoms with Crippen LogP contribution in [0.5, 0.6) is 0 Å². The maximum Gasteiger partial charge on any atom is 0.253 e. The number of nitrogens with zero attached hydrogens (tertiary/aromatic N) is 2. The van der Waals surface area contributed by atoms with Crippen molar-refractivity contribution in [2.75, 3.05) is 11.4 Å². The van der Waals surface area contributed by atoms with Gasteiger partial charge in [-0.25, -0.2) is 0 Å². The quantitative estimate of drug-likeness (QED) is 0.792. The molecule has 19 heavy (non-hydrogen) atoms. The molecule has 0 saturated heterocycles. The predicted octanol–water partition coefficient (Wildman–Crippen LogP) is 3.55. The largest absolute Gasteiger partial charge is 0.283 e. The van der Waals surface area contributed by atoms with Crippen molar-refractivity contribution >= 4 is 39.4 Å². The first kappa shape index (κ1) is 12.1. The zero-order valence-corrected chi connectivity index (χ0v) is 11.7.